The van der Waals surface area contributed by atoms with Crippen molar-refractivity contribution in [3.05, 3.63) is 66.0 Å². The summed E-state index contributed by atoms with van der Waals surface area (Å²) in [5.74, 6) is 1.86. The molecule has 0 unspecified atom stereocenters. The van der Waals surface area contributed by atoms with Crippen LogP contribution in [0, 0.1) is 0 Å². The van der Waals surface area contributed by atoms with Gasteiger partial charge in [-0.2, -0.15) is 0 Å². The zero-order valence-corrected chi connectivity index (χ0v) is 14.4. The molecule has 130 valence electrons. The molecule has 1 aromatic carbocycles. The third kappa shape index (κ3) is 3.04. The molecule has 0 saturated heterocycles. The van der Waals surface area contributed by atoms with Gasteiger partial charge in [-0.05, 0) is 60.9 Å². The number of benzene rings is 1. The molecular formula is C21H18N2O3. The molecule has 0 atom stereocenters. The van der Waals surface area contributed by atoms with Crippen molar-refractivity contribution in [1.82, 2.24) is 9.97 Å². The van der Waals surface area contributed by atoms with Gasteiger partial charge in [-0.25, -0.2) is 9.97 Å². The van der Waals surface area contributed by atoms with Crippen LogP contribution in [0.25, 0.3) is 11.1 Å². The number of methoxy groups -OCH3 is 1. The van der Waals surface area contributed by atoms with Gasteiger partial charge in [0.15, 0.2) is 5.78 Å². The molecule has 0 N–H and O–H groups in total. The zero-order valence-electron chi connectivity index (χ0n) is 14.4. The number of fused-ring (bicyclic) bond motifs is 1. The number of rotatable bonds is 4. The summed E-state index contributed by atoms with van der Waals surface area (Å²) in [7, 11) is 1.59. The van der Waals surface area contributed by atoms with E-state index >= 15 is 0 Å². The lowest BCUT2D eigenvalue weighted by Gasteiger charge is -2.16. The molecule has 0 amide bonds. The lowest BCUT2D eigenvalue weighted by atomic mass is 9.90. The summed E-state index contributed by atoms with van der Waals surface area (Å²) in [6, 6.07) is 13.1. The number of hydrogen-bond acceptors (Lipinski definition) is 5. The lowest BCUT2D eigenvalue weighted by molar-refractivity contribution is 0.0972. The van der Waals surface area contributed by atoms with Gasteiger partial charge in [0.05, 0.1) is 7.11 Å². The second-order valence-electron chi connectivity index (χ2n) is 6.11. The van der Waals surface area contributed by atoms with Crippen LogP contribution in [0.4, 0.5) is 0 Å². The van der Waals surface area contributed by atoms with Gasteiger partial charge >= 0.3 is 0 Å². The van der Waals surface area contributed by atoms with Crippen molar-refractivity contribution in [2.45, 2.75) is 19.3 Å². The minimum Gasteiger partial charge on any atom is -0.481 e. The highest BCUT2D eigenvalue weighted by atomic mass is 16.5. The maximum atomic E-state index is 12.0. The molecule has 4 rings (SSSR count). The van der Waals surface area contributed by atoms with Crippen LogP contribution < -0.4 is 9.47 Å². The average Bonchev–Trinajstić information content (AvgIpc) is 2.68. The van der Waals surface area contributed by atoms with Crippen LogP contribution in [0.15, 0.2) is 54.9 Å². The summed E-state index contributed by atoms with van der Waals surface area (Å²) in [4.78, 5) is 20.6. The van der Waals surface area contributed by atoms with Gasteiger partial charge in [0.25, 0.3) is 0 Å². The van der Waals surface area contributed by atoms with Gasteiger partial charge in [-0.3, -0.25) is 4.79 Å². The SMILES string of the molecule is COc1ncccc1-c1cccnc1Oc1ccc2c(c1)CCCC2=O. The average molecular weight is 346 g/mol. The monoisotopic (exact) mass is 346 g/mol. The molecule has 0 spiro atoms. The fourth-order valence-electron chi connectivity index (χ4n) is 3.23. The fourth-order valence-corrected chi connectivity index (χ4v) is 3.23. The number of aryl methyl sites for hydroxylation is 1. The molecule has 26 heavy (non-hydrogen) atoms. The van der Waals surface area contributed by atoms with Crippen LogP contribution in [0.1, 0.15) is 28.8 Å². The Morgan fingerprint density at radius 3 is 2.38 bits per heavy atom. The summed E-state index contributed by atoms with van der Waals surface area (Å²) in [6.45, 7) is 0. The molecule has 0 fully saturated rings. The van der Waals surface area contributed by atoms with E-state index in [2.05, 4.69) is 9.97 Å². The van der Waals surface area contributed by atoms with E-state index in [0.29, 0.717) is 23.9 Å². The first-order valence-electron chi connectivity index (χ1n) is 8.54. The number of carbonyl (C=O) groups excluding carboxylic acids is 1. The van der Waals surface area contributed by atoms with E-state index in [0.717, 1.165) is 35.1 Å². The number of aromatic nitrogens is 2. The minimum atomic E-state index is 0.205. The fraction of sp³-hybridized carbons (Fsp3) is 0.190. The smallest absolute Gasteiger partial charge is 0.227 e. The predicted octanol–water partition coefficient (Wildman–Crippen LogP) is 4.46. The van der Waals surface area contributed by atoms with E-state index in [9.17, 15) is 4.79 Å². The number of carbonyl (C=O) groups is 1. The summed E-state index contributed by atoms with van der Waals surface area (Å²) in [6.07, 6.45) is 5.77. The molecule has 0 bridgehead atoms. The van der Waals surface area contributed by atoms with E-state index < -0.39 is 0 Å². The number of hydrogen-bond donors (Lipinski definition) is 0. The van der Waals surface area contributed by atoms with Crippen LogP contribution >= 0.6 is 0 Å². The Kier molecular flexibility index (Phi) is 4.35. The number of ketones is 1. The summed E-state index contributed by atoms with van der Waals surface area (Å²) >= 11 is 0. The number of ether oxygens (including phenoxy) is 2. The van der Waals surface area contributed by atoms with Crippen molar-refractivity contribution in [2.24, 2.45) is 0 Å². The molecule has 1 aliphatic rings. The van der Waals surface area contributed by atoms with E-state index in [-0.39, 0.29) is 5.78 Å². The largest absolute Gasteiger partial charge is 0.481 e. The second kappa shape index (κ2) is 6.96. The van der Waals surface area contributed by atoms with Gasteiger partial charge in [-0.15, -0.1) is 0 Å². The summed E-state index contributed by atoms with van der Waals surface area (Å²) < 4.78 is 11.4. The molecule has 3 aromatic rings. The first kappa shape index (κ1) is 16.3. The molecular weight excluding hydrogens is 328 g/mol. The topological polar surface area (TPSA) is 61.3 Å². The van der Waals surface area contributed by atoms with E-state index in [4.69, 9.17) is 9.47 Å². The van der Waals surface area contributed by atoms with E-state index in [1.807, 2.05) is 42.5 Å². The Bertz CT molecular complexity index is 969. The van der Waals surface area contributed by atoms with Crippen LogP contribution in [0.2, 0.25) is 0 Å². The lowest BCUT2D eigenvalue weighted by Crippen LogP contribution is -2.10. The minimum absolute atomic E-state index is 0.205. The van der Waals surface area contributed by atoms with Crippen LogP contribution in [-0.4, -0.2) is 22.9 Å². The summed E-state index contributed by atoms with van der Waals surface area (Å²) in [5, 5.41) is 0. The van der Waals surface area contributed by atoms with Crippen molar-refractivity contribution in [2.75, 3.05) is 7.11 Å². The van der Waals surface area contributed by atoms with Crippen molar-refractivity contribution < 1.29 is 14.3 Å². The molecule has 5 heteroatoms. The predicted molar refractivity (Wildman–Crippen MR) is 97.8 cm³/mol. The number of Topliss-reactive ketones (excluding diaryl/α,β-unsaturated/α-hetero) is 1. The van der Waals surface area contributed by atoms with Gasteiger partial charge in [0.1, 0.15) is 5.75 Å². The molecule has 0 radical (unpaired) electrons. The van der Waals surface area contributed by atoms with Crippen molar-refractivity contribution in [3.8, 4) is 28.6 Å². The highest BCUT2D eigenvalue weighted by Gasteiger charge is 2.19. The van der Waals surface area contributed by atoms with Crippen LogP contribution in [-0.2, 0) is 6.42 Å². The molecule has 1 aliphatic carbocycles. The molecule has 0 aliphatic heterocycles. The first-order chi connectivity index (χ1) is 12.8. The molecule has 0 saturated carbocycles. The molecule has 2 aromatic heterocycles. The zero-order chi connectivity index (χ0) is 17.9. The quantitative estimate of drug-likeness (QED) is 0.698. The Morgan fingerprint density at radius 1 is 0.885 bits per heavy atom. The first-order valence-corrected chi connectivity index (χ1v) is 8.54. The van der Waals surface area contributed by atoms with Crippen LogP contribution in [0.3, 0.4) is 0 Å². The van der Waals surface area contributed by atoms with Crippen molar-refractivity contribution in [3.63, 3.8) is 0 Å². The highest BCUT2D eigenvalue weighted by Crippen LogP contribution is 2.36. The second-order valence-corrected chi connectivity index (χ2v) is 6.11. The standard InChI is InChI=1S/C21H18N2O3/c1-25-20-17(6-3-11-22-20)18-7-4-12-23-21(18)26-15-9-10-16-14(13-15)5-2-8-19(16)24/h3-4,6-7,9-13H,2,5,8H2,1H3. The Balaban J connectivity index is 1.71. The Morgan fingerprint density at radius 2 is 1.62 bits per heavy atom. The van der Waals surface area contributed by atoms with Crippen molar-refractivity contribution in [1.29, 1.82) is 0 Å². The normalized spacial score (nSPS) is 13.2. The van der Waals surface area contributed by atoms with E-state index in [1.54, 1.807) is 19.5 Å². The van der Waals surface area contributed by atoms with Crippen LogP contribution in [0.5, 0.6) is 17.5 Å². The molecule has 2 heterocycles. The Labute approximate surface area is 151 Å². The van der Waals surface area contributed by atoms with E-state index in [1.165, 1.54) is 0 Å². The maximum Gasteiger partial charge on any atom is 0.227 e. The van der Waals surface area contributed by atoms with Gasteiger partial charge < -0.3 is 9.47 Å². The summed E-state index contributed by atoms with van der Waals surface area (Å²) in [5.41, 5.74) is 3.45. The van der Waals surface area contributed by atoms with Gasteiger partial charge in [-0.1, -0.05) is 0 Å². The highest BCUT2D eigenvalue weighted by molar-refractivity contribution is 5.98. The maximum absolute atomic E-state index is 12.0. The van der Waals surface area contributed by atoms with Crippen molar-refractivity contribution >= 4 is 5.78 Å². The molecule has 5 nitrogen and oxygen atoms in total. The third-order valence-electron chi connectivity index (χ3n) is 4.47. The number of pyridine rings is 2. The van der Waals surface area contributed by atoms with Gasteiger partial charge in [0.2, 0.25) is 11.8 Å². The number of nitrogens with zero attached hydrogens (tertiary/aromatic N) is 2. The third-order valence-corrected chi connectivity index (χ3v) is 4.47. The van der Waals surface area contributed by atoms with Gasteiger partial charge in [0, 0.05) is 35.5 Å². The Hall–Kier alpha value is -3.21.